The Hall–Kier alpha value is -1.77. The maximum Gasteiger partial charge on any atom is 0.167 e. The van der Waals surface area contributed by atoms with Gasteiger partial charge in [0.25, 0.3) is 0 Å². The Morgan fingerprint density at radius 3 is 2.04 bits per heavy atom. The molecule has 0 saturated heterocycles. The lowest BCUT2D eigenvalue weighted by molar-refractivity contribution is 0.252. The smallest absolute Gasteiger partial charge is 0.167 e. The standard InChI is InChI=1S/C25H31F3/c1-3-5-17-6-8-18(9-7-17)10-11-19-12-14-21(23(26)16-19)22-15-13-20(4-2)24(27)25(22)28/h12-18H,3-11H2,1-2H3. The van der Waals surface area contributed by atoms with Gasteiger partial charge in [-0.05, 0) is 48.3 Å². The highest BCUT2D eigenvalue weighted by molar-refractivity contribution is 5.66. The first-order chi connectivity index (χ1) is 13.5. The molecular formula is C25H31F3. The molecule has 0 aromatic heterocycles. The minimum Gasteiger partial charge on any atom is -0.206 e. The third kappa shape index (κ3) is 4.79. The van der Waals surface area contributed by atoms with Crippen LogP contribution in [0.5, 0.6) is 0 Å². The van der Waals surface area contributed by atoms with Gasteiger partial charge < -0.3 is 0 Å². The van der Waals surface area contributed by atoms with Gasteiger partial charge in [-0.1, -0.05) is 76.6 Å². The fraction of sp³-hybridized carbons (Fsp3) is 0.520. The lowest BCUT2D eigenvalue weighted by Gasteiger charge is -2.28. The van der Waals surface area contributed by atoms with Crippen molar-refractivity contribution in [2.75, 3.05) is 0 Å². The Labute approximate surface area is 167 Å². The van der Waals surface area contributed by atoms with Crippen molar-refractivity contribution >= 4 is 0 Å². The van der Waals surface area contributed by atoms with Gasteiger partial charge in [0.05, 0.1) is 0 Å². The minimum absolute atomic E-state index is 0.00648. The Bertz CT molecular complexity index is 789. The van der Waals surface area contributed by atoms with E-state index < -0.39 is 17.5 Å². The van der Waals surface area contributed by atoms with E-state index in [-0.39, 0.29) is 11.1 Å². The van der Waals surface area contributed by atoms with Crippen molar-refractivity contribution in [3.8, 4) is 11.1 Å². The van der Waals surface area contributed by atoms with Crippen LogP contribution in [0.25, 0.3) is 11.1 Å². The van der Waals surface area contributed by atoms with Crippen LogP contribution in [0.1, 0.15) is 69.9 Å². The predicted octanol–water partition coefficient (Wildman–Crippen LogP) is 7.87. The van der Waals surface area contributed by atoms with Crippen LogP contribution in [0, 0.1) is 29.3 Å². The average molecular weight is 389 g/mol. The van der Waals surface area contributed by atoms with Crippen LogP contribution in [0.15, 0.2) is 30.3 Å². The van der Waals surface area contributed by atoms with Crippen LogP contribution in [-0.4, -0.2) is 0 Å². The molecule has 3 heteroatoms. The Morgan fingerprint density at radius 2 is 1.43 bits per heavy atom. The van der Waals surface area contributed by atoms with Crippen LogP contribution in [0.4, 0.5) is 13.2 Å². The highest BCUT2D eigenvalue weighted by atomic mass is 19.2. The molecule has 0 unspecified atom stereocenters. The van der Waals surface area contributed by atoms with Crippen LogP contribution in [0.2, 0.25) is 0 Å². The summed E-state index contributed by atoms with van der Waals surface area (Å²) >= 11 is 0. The zero-order valence-electron chi connectivity index (χ0n) is 17.0. The van der Waals surface area contributed by atoms with Gasteiger partial charge in [0, 0.05) is 11.1 Å². The molecule has 152 valence electrons. The summed E-state index contributed by atoms with van der Waals surface area (Å²) in [5.41, 5.74) is 1.37. The third-order valence-corrected chi connectivity index (χ3v) is 6.37. The molecule has 1 aliphatic carbocycles. The van der Waals surface area contributed by atoms with E-state index in [1.54, 1.807) is 13.0 Å². The van der Waals surface area contributed by atoms with Crippen LogP contribution < -0.4 is 0 Å². The topological polar surface area (TPSA) is 0 Å². The summed E-state index contributed by atoms with van der Waals surface area (Å²) in [4.78, 5) is 0. The van der Waals surface area contributed by atoms with E-state index in [0.29, 0.717) is 12.0 Å². The Kier molecular flexibility index (Phi) is 7.20. The van der Waals surface area contributed by atoms with Gasteiger partial charge in [0.1, 0.15) is 5.82 Å². The van der Waals surface area contributed by atoms with Gasteiger partial charge in [-0.2, -0.15) is 0 Å². The molecule has 0 heterocycles. The number of hydrogen-bond donors (Lipinski definition) is 0. The predicted molar refractivity (Wildman–Crippen MR) is 110 cm³/mol. The first-order valence-electron chi connectivity index (χ1n) is 10.8. The molecule has 2 aromatic carbocycles. The summed E-state index contributed by atoms with van der Waals surface area (Å²) in [6.45, 7) is 4.02. The molecule has 0 bridgehead atoms. The lowest BCUT2D eigenvalue weighted by atomic mass is 9.78. The molecule has 0 nitrogen and oxygen atoms in total. The van der Waals surface area contributed by atoms with Crippen molar-refractivity contribution in [2.45, 2.75) is 71.6 Å². The zero-order valence-corrected chi connectivity index (χ0v) is 17.0. The summed E-state index contributed by atoms with van der Waals surface area (Å²) in [5, 5.41) is 0. The molecule has 3 rings (SSSR count). The summed E-state index contributed by atoms with van der Waals surface area (Å²) in [6.07, 6.45) is 10.1. The molecule has 0 spiro atoms. The molecule has 1 aliphatic rings. The van der Waals surface area contributed by atoms with Crippen molar-refractivity contribution in [3.63, 3.8) is 0 Å². The summed E-state index contributed by atoms with van der Waals surface area (Å²) in [6, 6.07) is 7.95. The van der Waals surface area contributed by atoms with E-state index in [2.05, 4.69) is 6.92 Å². The molecule has 2 aromatic rings. The number of aryl methyl sites for hydroxylation is 2. The maximum atomic E-state index is 14.6. The van der Waals surface area contributed by atoms with E-state index >= 15 is 0 Å². The van der Waals surface area contributed by atoms with Crippen molar-refractivity contribution in [3.05, 3.63) is 58.9 Å². The summed E-state index contributed by atoms with van der Waals surface area (Å²) in [7, 11) is 0. The second-order valence-corrected chi connectivity index (χ2v) is 8.28. The van der Waals surface area contributed by atoms with Crippen molar-refractivity contribution < 1.29 is 13.2 Å². The normalized spacial score (nSPS) is 19.8. The first-order valence-corrected chi connectivity index (χ1v) is 10.8. The molecule has 0 aliphatic heterocycles. The fourth-order valence-electron chi connectivity index (χ4n) is 4.59. The second-order valence-electron chi connectivity index (χ2n) is 8.28. The first kappa shape index (κ1) is 21.0. The van der Waals surface area contributed by atoms with Gasteiger partial charge in [0.15, 0.2) is 11.6 Å². The van der Waals surface area contributed by atoms with Gasteiger partial charge in [-0.15, -0.1) is 0 Å². The van der Waals surface area contributed by atoms with Crippen LogP contribution in [-0.2, 0) is 12.8 Å². The second kappa shape index (κ2) is 9.62. The molecule has 28 heavy (non-hydrogen) atoms. The van der Waals surface area contributed by atoms with Gasteiger partial charge in [0.2, 0.25) is 0 Å². The maximum absolute atomic E-state index is 14.6. The van der Waals surface area contributed by atoms with Crippen molar-refractivity contribution in [1.82, 2.24) is 0 Å². The van der Waals surface area contributed by atoms with Crippen LogP contribution in [0.3, 0.4) is 0 Å². The largest absolute Gasteiger partial charge is 0.206 e. The number of hydrogen-bond acceptors (Lipinski definition) is 0. The lowest BCUT2D eigenvalue weighted by Crippen LogP contribution is -2.15. The third-order valence-electron chi connectivity index (χ3n) is 6.37. The van der Waals surface area contributed by atoms with Gasteiger partial charge in [-0.25, -0.2) is 13.2 Å². The Balaban J connectivity index is 1.64. The quantitative estimate of drug-likeness (QED) is 0.452. The zero-order chi connectivity index (χ0) is 20.1. The van der Waals surface area contributed by atoms with E-state index in [9.17, 15) is 13.2 Å². The van der Waals surface area contributed by atoms with Crippen molar-refractivity contribution in [2.24, 2.45) is 11.8 Å². The minimum atomic E-state index is -0.963. The van der Waals surface area contributed by atoms with E-state index in [1.807, 2.05) is 6.07 Å². The highest BCUT2D eigenvalue weighted by Crippen LogP contribution is 2.34. The highest BCUT2D eigenvalue weighted by Gasteiger charge is 2.21. The van der Waals surface area contributed by atoms with E-state index in [1.165, 1.54) is 56.7 Å². The van der Waals surface area contributed by atoms with Crippen LogP contribution >= 0.6 is 0 Å². The molecule has 1 saturated carbocycles. The van der Waals surface area contributed by atoms with Crippen molar-refractivity contribution in [1.29, 1.82) is 0 Å². The molecule has 0 N–H and O–H groups in total. The number of halogens is 3. The molecule has 0 amide bonds. The monoisotopic (exact) mass is 388 g/mol. The van der Waals surface area contributed by atoms with E-state index in [0.717, 1.165) is 30.2 Å². The number of rotatable bonds is 7. The van der Waals surface area contributed by atoms with Gasteiger partial charge >= 0.3 is 0 Å². The van der Waals surface area contributed by atoms with Gasteiger partial charge in [-0.3, -0.25) is 0 Å². The molecular weight excluding hydrogens is 357 g/mol. The SMILES string of the molecule is CCCC1CCC(CCc2ccc(-c3ccc(CC)c(F)c3F)c(F)c2)CC1. The average Bonchev–Trinajstić information content (AvgIpc) is 2.70. The molecule has 1 fully saturated rings. The number of benzene rings is 2. The summed E-state index contributed by atoms with van der Waals surface area (Å²) in [5.74, 6) is -0.694. The van der Waals surface area contributed by atoms with E-state index in [4.69, 9.17) is 0 Å². The fourth-order valence-corrected chi connectivity index (χ4v) is 4.59. The molecule has 0 atom stereocenters. The summed E-state index contributed by atoms with van der Waals surface area (Å²) < 4.78 is 43.1. The molecule has 0 radical (unpaired) electrons. The Morgan fingerprint density at radius 1 is 0.786 bits per heavy atom.